The van der Waals surface area contributed by atoms with Crippen LogP contribution < -0.4 is 5.32 Å². The van der Waals surface area contributed by atoms with Crippen LogP contribution in [0.2, 0.25) is 0 Å². The van der Waals surface area contributed by atoms with Gasteiger partial charge in [-0.2, -0.15) is 0 Å². The number of likely N-dealkylation sites (tertiary alicyclic amines) is 1. The van der Waals surface area contributed by atoms with E-state index in [0.29, 0.717) is 17.5 Å². The summed E-state index contributed by atoms with van der Waals surface area (Å²) in [5, 5.41) is 12.8. The van der Waals surface area contributed by atoms with Crippen molar-refractivity contribution in [3.8, 4) is 0 Å². The molecule has 3 aromatic rings. The zero-order valence-electron chi connectivity index (χ0n) is 20.7. The van der Waals surface area contributed by atoms with E-state index in [1.165, 1.54) is 24.1 Å². The number of carbonyl (C=O) groups is 2. The molecule has 1 saturated heterocycles. The first-order chi connectivity index (χ1) is 17.8. The quantitative estimate of drug-likeness (QED) is 0.408. The van der Waals surface area contributed by atoms with Gasteiger partial charge in [-0.05, 0) is 37.1 Å². The molecule has 0 saturated carbocycles. The Labute approximate surface area is 215 Å². The highest BCUT2D eigenvalue weighted by Crippen LogP contribution is 2.30. The van der Waals surface area contributed by atoms with Gasteiger partial charge in [0.05, 0.1) is 29.2 Å². The Morgan fingerprint density at radius 1 is 1.19 bits per heavy atom. The number of para-hydroxylation sites is 2. The lowest BCUT2D eigenvalue weighted by Crippen LogP contribution is -2.50. The first kappa shape index (κ1) is 26.8. The lowest BCUT2D eigenvalue weighted by atomic mass is 10.1. The molecule has 2 N–H and O–H groups in total. The third-order valence-corrected chi connectivity index (χ3v) is 8.78. The summed E-state index contributed by atoms with van der Waals surface area (Å²) in [6.07, 6.45) is -0.927. The molecular weight excluding hydrogens is 498 g/mol. The predicted octanol–water partition coefficient (Wildman–Crippen LogP) is 2.24. The van der Waals surface area contributed by atoms with Crippen LogP contribution in [-0.4, -0.2) is 72.8 Å². The summed E-state index contributed by atoms with van der Waals surface area (Å²) in [7, 11) is -2.32. The largest absolute Gasteiger partial charge is 0.438 e. The van der Waals surface area contributed by atoms with Crippen LogP contribution in [0.25, 0.3) is 11.1 Å². The number of amides is 2. The molecule has 11 heteroatoms. The number of aliphatic hydroxyl groups is 1. The highest BCUT2D eigenvalue weighted by molar-refractivity contribution is 7.92. The fraction of sp³-hybridized carbons (Fsp3) is 0.423. The van der Waals surface area contributed by atoms with Crippen LogP contribution in [0.15, 0.2) is 63.9 Å². The maximum Gasteiger partial charge on any atom is 0.243 e. The van der Waals surface area contributed by atoms with E-state index in [-0.39, 0.29) is 42.7 Å². The summed E-state index contributed by atoms with van der Waals surface area (Å²) in [4.78, 5) is 32.1. The van der Waals surface area contributed by atoms with Gasteiger partial charge in [0, 0.05) is 13.7 Å². The standard InChI is InChI=1S/C26H31N3O7S/c1-3-19(24(31)26-28-20-11-7-8-12-22(20)36-26)27-25(32)21-15-18(16-29(21)23(30)13-14-35-2)37(33,34)17-9-5-4-6-10-17/h4-12,18-19,21,24,31H,3,13-16H2,1-2H3,(H,27,32)/t18-,19?,21+,24?/m1/s1. The molecule has 0 bridgehead atoms. The van der Waals surface area contributed by atoms with E-state index in [2.05, 4.69) is 10.3 Å². The van der Waals surface area contributed by atoms with Crippen molar-refractivity contribution >= 4 is 32.8 Å². The van der Waals surface area contributed by atoms with Crippen LogP contribution in [0, 0.1) is 0 Å². The normalized spacial score (nSPS) is 19.6. The molecule has 1 aliphatic heterocycles. The molecule has 37 heavy (non-hydrogen) atoms. The zero-order chi connectivity index (χ0) is 26.6. The fourth-order valence-corrected chi connectivity index (χ4v) is 6.27. The number of hydrogen-bond acceptors (Lipinski definition) is 8. The van der Waals surface area contributed by atoms with Crippen molar-refractivity contribution in [3.63, 3.8) is 0 Å². The second kappa shape index (κ2) is 11.4. The molecule has 1 aromatic heterocycles. The lowest BCUT2D eigenvalue weighted by Gasteiger charge is -2.27. The summed E-state index contributed by atoms with van der Waals surface area (Å²) in [6.45, 7) is 1.83. The van der Waals surface area contributed by atoms with Gasteiger partial charge in [-0.1, -0.05) is 37.3 Å². The van der Waals surface area contributed by atoms with Crippen molar-refractivity contribution in [2.75, 3.05) is 20.3 Å². The van der Waals surface area contributed by atoms with Crippen molar-refractivity contribution in [1.82, 2.24) is 15.2 Å². The number of nitrogens with one attached hydrogen (secondary N) is 1. The topological polar surface area (TPSA) is 139 Å². The average Bonchev–Trinajstić information content (AvgIpc) is 3.56. The van der Waals surface area contributed by atoms with E-state index in [9.17, 15) is 23.1 Å². The van der Waals surface area contributed by atoms with Gasteiger partial charge in [0.1, 0.15) is 11.6 Å². The second-order valence-corrected chi connectivity index (χ2v) is 11.2. The molecule has 0 aliphatic carbocycles. The van der Waals surface area contributed by atoms with Gasteiger partial charge in [-0.15, -0.1) is 0 Å². The SMILES string of the molecule is CCC(NC(=O)[C@@H]1C[C@@H](S(=O)(=O)c2ccccc2)CN1C(=O)CCOC)C(O)c1nc2ccccc2o1. The van der Waals surface area contributed by atoms with Crippen molar-refractivity contribution in [1.29, 1.82) is 0 Å². The number of hydrogen-bond donors (Lipinski definition) is 2. The zero-order valence-corrected chi connectivity index (χ0v) is 21.6. The summed E-state index contributed by atoms with van der Waals surface area (Å²) in [5.41, 5.74) is 1.09. The van der Waals surface area contributed by atoms with Gasteiger partial charge in [-0.25, -0.2) is 13.4 Å². The molecule has 4 atom stereocenters. The summed E-state index contributed by atoms with van der Waals surface area (Å²) >= 11 is 0. The van der Waals surface area contributed by atoms with Gasteiger partial charge in [-0.3, -0.25) is 9.59 Å². The van der Waals surface area contributed by atoms with E-state index in [4.69, 9.17) is 9.15 Å². The van der Waals surface area contributed by atoms with Crippen LogP contribution in [0.4, 0.5) is 0 Å². The van der Waals surface area contributed by atoms with Gasteiger partial charge >= 0.3 is 0 Å². The number of rotatable bonds is 10. The molecule has 1 fully saturated rings. The Morgan fingerprint density at radius 3 is 2.57 bits per heavy atom. The van der Waals surface area contributed by atoms with Gasteiger partial charge < -0.3 is 24.5 Å². The van der Waals surface area contributed by atoms with Crippen molar-refractivity contribution < 1.29 is 32.3 Å². The molecule has 0 spiro atoms. The number of benzene rings is 2. The first-order valence-corrected chi connectivity index (χ1v) is 13.7. The maximum absolute atomic E-state index is 13.4. The Morgan fingerprint density at radius 2 is 1.89 bits per heavy atom. The number of aromatic nitrogens is 1. The van der Waals surface area contributed by atoms with Crippen LogP contribution in [-0.2, 0) is 24.2 Å². The Balaban J connectivity index is 1.55. The molecule has 2 unspecified atom stereocenters. The average molecular weight is 530 g/mol. The number of carbonyl (C=O) groups excluding carboxylic acids is 2. The number of sulfone groups is 1. The van der Waals surface area contributed by atoms with Gasteiger partial charge in [0.25, 0.3) is 0 Å². The molecular formula is C26H31N3O7S. The molecule has 1 aliphatic rings. The van der Waals surface area contributed by atoms with Crippen molar-refractivity contribution in [2.24, 2.45) is 0 Å². The predicted molar refractivity (Wildman–Crippen MR) is 135 cm³/mol. The van der Waals surface area contributed by atoms with Crippen molar-refractivity contribution in [2.45, 2.75) is 54.5 Å². The lowest BCUT2D eigenvalue weighted by molar-refractivity contribution is -0.139. The second-order valence-electron chi connectivity index (χ2n) is 9.01. The minimum absolute atomic E-state index is 0.0150. The highest BCUT2D eigenvalue weighted by Gasteiger charge is 2.45. The third-order valence-electron chi connectivity index (χ3n) is 6.63. The number of methoxy groups -OCH3 is 1. The maximum atomic E-state index is 13.4. The summed E-state index contributed by atoms with van der Waals surface area (Å²) < 4.78 is 37.2. The number of nitrogens with zero attached hydrogens (tertiary/aromatic N) is 2. The van der Waals surface area contributed by atoms with E-state index in [0.717, 1.165) is 0 Å². The number of fused-ring (bicyclic) bond motifs is 1. The molecule has 2 heterocycles. The van der Waals surface area contributed by atoms with Crippen molar-refractivity contribution in [3.05, 3.63) is 60.5 Å². The number of oxazole rings is 1. The smallest absolute Gasteiger partial charge is 0.243 e. The monoisotopic (exact) mass is 529 g/mol. The van der Waals surface area contributed by atoms with Crippen LogP contribution in [0.5, 0.6) is 0 Å². The molecule has 4 rings (SSSR count). The van der Waals surface area contributed by atoms with E-state index in [1.54, 1.807) is 49.4 Å². The van der Waals surface area contributed by atoms with Crippen LogP contribution in [0.3, 0.4) is 0 Å². The first-order valence-electron chi connectivity index (χ1n) is 12.2. The third kappa shape index (κ3) is 5.68. The highest BCUT2D eigenvalue weighted by atomic mass is 32.2. The van der Waals surface area contributed by atoms with E-state index < -0.39 is 39.2 Å². The number of ether oxygens (including phenoxy) is 1. The van der Waals surface area contributed by atoms with Gasteiger partial charge in [0.2, 0.25) is 17.7 Å². The van der Waals surface area contributed by atoms with E-state index >= 15 is 0 Å². The number of aliphatic hydroxyl groups excluding tert-OH is 1. The summed E-state index contributed by atoms with van der Waals surface area (Å²) in [5.74, 6) is -0.851. The Bertz CT molecular complexity index is 1310. The Hall–Kier alpha value is -3.28. The molecule has 10 nitrogen and oxygen atoms in total. The fourth-order valence-electron chi connectivity index (χ4n) is 4.55. The van der Waals surface area contributed by atoms with E-state index in [1.807, 2.05) is 0 Å². The molecule has 2 aromatic carbocycles. The molecule has 198 valence electrons. The minimum atomic E-state index is -3.78. The van der Waals surface area contributed by atoms with Crippen LogP contribution >= 0.6 is 0 Å². The Kier molecular flexibility index (Phi) is 8.25. The van der Waals surface area contributed by atoms with Gasteiger partial charge in [0.15, 0.2) is 21.5 Å². The van der Waals surface area contributed by atoms with Crippen LogP contribution in [0.1, 0.15) is 38.2 Å². The minimum Gasteiger partial charge on any atom is -0.438 e. The molecule has 2 amide bonds. The summed E-state index contributed by atoms with van der Waals surface area (Å²) in [6, 6.07) is 13.3. The molecule has 0 radical (unpaired) electrons.